The molecule has 3 N–H and O–H groups in total. The number of allylic oxidation sites excluding steroid dienone is 3. The highest BCUT2D eigenvalue weighted by Gasteiger charge is 2.19. The topological polar surface area (TPSA) is 108 Å². The number of ether oxygens (including phenoxy) is 1. The third kappa shape index (κ3) is 6.10. The van der Waals surface area contributed by atoms with Crippen molar-refractivity contribution >= 4 is 40.1 Å². The van der Waals surface area contributed by atoms with E-state index in [1.54, 1.807) is 37.1 Å². The minimum atomic E-state index is -0.894. The van der Waals surface area contributed by atoms with E-state index in [4.69, 9.17) is 16.3 Å². The van der Waals surface area contributed by atoms with E-state index in [-0.39, 0.29) is 0 Å². The first-order chi connectivity index (χ1) is 17.1. The van der Waals surface area contributed by atoms with Gasteiger partial charge in [0.05, 0.1) is 16.8 Å². The van der Waals surface area contributed by atoms with Crippen molar-refractivity contribution in [3.63, 3.8) is 0 Å². The summed E-state index contributed by atoms with van der Waals surface area (Å²) in [6.07, 6.45) is 9.70. The summed E-state index contributed by atoms with van der Waals surface area (Å²) in [7, 11) is 1.82. The lowest BCUT2D eigenvalue weighted by atomic mass is 10.1. The summed E-state index contributed by atoms with van der Waals surface area (Å²) < 4.78 is 6.04. The lowest BCUT2D eigenvalue weighted by Crippen LogP contribution is -2.37. The van der Waals surface area contributed by atoms with Crippen molar-refractivity contribution in [1.29, 1.82) is 0 Å². The average molecular weight is 508 g/mol. The van der Waals surface area contributed by atoms with E-state index in [0.29, 0.717) is 45.9 Å². The molecule has 0 unspecified atom stereocenters. The fraction of sp³-hybridized carbons (Fsp3) is 0.308. The Kier molecular flexibility index (Phi) is 7.42. The van der Waals surface area contributed by atoms with E-state index in [2.05, 4.69) is 44.4 Å². The van der Waals surface area contributed by atoms with Gasteiger partial charge in [0.15, 0.2) is 5.82 Å². The molecule has 0 aliphatic carbocycles. The van der Waals surface area contributed by atoms with E-state index >= 15 is 0 Å². The molecule has 4 rings (SSSR count). The van der Waals surface area contributed by atoms with Crippen LogP contribution in [-0.4, -0.2) is 44.2 Å². The zero-order chi connectivity index (χ0) is 25.9. The van der Waals surface area contributed by atoms with Gasteiger partial charge in [-0.25, -0.2) is 19.9 Å². The highest BCUT2D eigenvalue weighted by atomic mass is 35.5. The molecule has 188 valence electrons. The molecule has 0 bridgehead atoms. The number of benzene rings is 1. The van der Waals surface area contributed by atoms with Gasteiger partial charge in [-0.3, -0.25) is 0 Å². The van der Waals surface area contributed by atoms with Crippen molar-refractivity contribution in [3.8, 4) is 5.75 Å². The largest absolute Gasteiger partial charge is 0.456 e. The van der Waals surface area contributed by atoms with Crippen LogP contribution in [0.4, 0.5) is 17.5 Å². The number of hydrogen-bond acceptors (Lipinski definition) is 9. The van der Waals surface area contributed by atoms with Crippen molar-refractivity contribution in [2.45, 2.75) is 39.7 Å². The first-order valence-electron chi connectivity index (χ1n) is 11.6. The van der Waals surface area contributed by atoms with Crippen LogP contribution in [0, 0.1) is 0 Å². The Morgan fingerprint density at radius 1 is 1.25 bits per heavy atom. The number of dihydropyridines is 1. The standard InChI is InChI=1S/C26H30ClN7O2/c1-6-16(2)20-12-18(9-10-28-20)36-22-8-7-17(11-19(22)27)32-24-23-21(30-15-31-24)13-29-25(33-23)34(5)14-26(3,4)35/h7-13,15,28,35H,6,14H2,1-5H3,(H,30,31,32). The van der Waals surface area contributed by atoms with Crippen LogP contribution in [0.1, 0.15) is 34.1 Å². The van der Waals surface area contributed by atoms with Crippen LogP contribution in [0.2, 0.25) is 5.02 Å². The smallest absolute Gasteiger partial charge is 0.225 e. The number of likely N-dealkylation sites (N-methyl/N-ethyl adjacent to an activating group) is 1. The Morgan fingerprint density at radius 2 is 2.06 bits per heavy atom. The van der Waals surface area contributed by atoms with Crippen LogP contribution < -0.4 is 20.3 Å². The Hall–Kier alpha value is -3.69. The number of nitrogens with one attached hydrogen (secondary N) is 2. The van der Waals surface area contributed by atoms with Crippen molar-refractivity contribution in [2.75, 3.05) is 23.8 Å². The molecule has 0 saturated heterocycles. The van der Waals surface area contributed by atoms with Gasteiger partial charge >= 0.3 is 0 Å². The van der Waals surface area contributed by atoms with E-state index in [1.165, 1.54) is 11.9 Å². The second kappa shape index (κ2) is 10.5. The quantitative estimate of drug-likeness (QED) is 0.384. The van der Waals surface area contributed by atoms with Gasteiger partial charge in [0, 0.05) is 37.3 Å². The predicted octanol–water partition coefficient (Wildman–Crippen LogP) is 5.09. The lowest BCUT2D eigenvalue weighted by molar-refractivity contribution is 0.0883. The monoisotopic (exact) mass is 507 g/mol. The Morgan fingerprint density at radius 3 is 2.78 bits per heavy atom. The van der Waals surface area contributed by atoms with Crippen molar-refractivity contribution < 1.29 is 9.84 Å². The molecule has 0 amide bonds. The van der Waals surface area contributed by atoms with Crippen LogP contribution in [0.15, 0.2) is 66.1 Å². The van der Waals surface area contributed by atoms with E-state index in [0.717, 1.165) is 17.8 Å². The third-order valence-electron chi connectivity index (χ3n) is 5.52. The lowest BCUT2D eigenvalue weighted by Gasteiger charge is -2.25. The number of fused-ring (bicyclic) bond motifs is 1. The molecule has 0 radical (unpaired) electrons. The van der Waals surface area contributed by atoms with Gasteiger partial charge in [0.25, 0.3) is 0 Å². The van der Waals surface area contributed by atoms with Crippen molar-refractivity contribution in [1.82, 2.24) is 25.3 Å². The molecule has 1 aromatic carbocycles. The van der Waals surface area contributed by atoms with Crippen molar-refractivity contribution in [2.24, 2.45) is 0 Å². The first-order valence-corrected chi connectivity index (χ1v) is 12.0. The molecule has 0 fully saturated rings. The number of hydrogen-bond donors (Lipinski definition) is 3. The SMILES string of the molecule is CCC(C)=C1C=C(Oc2ccc(Nc3ncnc4cnc(N(C)CC(C)(C)O)nc34)cc2Cl)C=CN1. The molecule has 0 spiro atoms. The van der Waals surface area contributed by atoms with Crippen molar-refractivity contribution in [3.05, 3.63) is 71.1 Å². The average Bonchev–Trinajstić information content (AvgIpc) is 2.84. The van der Waals surface area contributed by atoms with Gasteiger partial charge < -0.3 is 25.4 Å². The summed E-state index contributed by atoms with van der Waals surface area (Å²) in [6, 6.07) is 5.43. The third-order valence-corrected chi connectivity index (χ3v) is 5.81. The second-order valence-corrected chi connectivity index (χ2v) is 9.65. The zero-order valence-corrected chi connectivity index (χ0v) is 21.8. The van der Waals surface area contributed by atoms with Crippen LogP contribution in [0.25, 0.3) is 11.0 Å². The molecule has 36 heavy (non-hydrogen) atoms. The number of aliphatic hydroxyl groups is 1. The van der Waals surface area contributed by atoms with Crippen LogP contribution in [-0.2, 0) is 0 Å². The minimum Gasteiger partial charge on any atom is -0.456 e. The Labute approximate surface area is 215 Å². The number of aromatic nitrogens is 4. The Balaban J connectivity index is 1.56. The van der Waals surface area contributed by atoms with E-state index in [9.17, 15) is 5.11 Å². The zero-order valence-electron chi connectivity index (χ0n) is 21.0. The van der Waals surface area contributed by atoms with Gasteiger partial charge in [0.2, 0.25) is 5.95 Å². The van der Waals surface area contributed by atoms with Gasteiger partial charge in [0.1, 0.15) is 28.9 Å². The summed E-state index contributed by atoms with van der Waals surface area (Å²) in [5.41, 5.74) is 3.23. The fourth-order valence-electron chi connectivity index (χ4n) is 3.64. The summed E-state index contributed by atoms with van der Waals surface area (Å²) in [6.45, 7) is 8.03. The maximum atomic E-state index is 10.1. The van der Waals surface area contributed by atoms with Gasteiger partial charge in [-0.1, -0.05) is 18.5 Å². The minimum absolute atomic E-state index is 0.364. The molecule has 1 aliphatic rings. The van der Waals surface area contributed by atoms with Crippen LogP contribution in [0.3, 0.4) is 0 Å². The highest BCUT2D eigenvalue weighted by Crippen LogP contribution is 2.32. The predicted molar refractivity (Wildman–Crippen MR) is 143 cm³/mol. The number of rotatable bonds is 8. The molecule has 0 saturated carbocycles. The van der Waals surface area contributed by atoms with Gasteiger partial charge in [-0.15, -0.1) is 0 Å². The summed E-state index contributed by atoms with van der Waals surface area (Å²) >= 11 is 6.55. The van der Waals surface area contributed by atoms with Gasteiger partial charge in [-0.2, -0.15) is 0 Å². The maximum Gasteiger partial charge on any atom is 0.225 e. The highest BCUT2D eigenvalue weighted by molar-refractivity contribution is 6.32. The summed E-state index contributed by atoms with van der Waals surface area (Å²) in [5, 5.41) is 17.1. The molecule has 3 aromatic rings. The molecule has 1 aliphatic heterocycles. The number of halogens is 1. The van der Waals surface area contributed by atoms with Gasteiger partial charge in [-0.05, 0) is 57.0 Å². The molecule has 3 heterocycles. The van der Waals surface area contributed by atoms with E-state index < -0.39 is 5.60 Å². The molecular weight excluding hydrogens is 478 g/mol. The molecule has 9 nitrogen and oxygen atoms in total. The Bertz CT molecular complexity index is 1360. The first kappa shape index (κ1) is 25.4. The summed E-state index contributed by atoms with van der Waals surface area (Å²) in [5.74, 6) is 2.21. The van der Waals surface area contributed by atoms with Crippen LogP contribution in [0.5, 0.6) is 5.75 Å². The number of nitrogens with zero attached hydrogens (tertiary/aromatic N) is 5. The summed E-state index contributed by atoms with van der Waals surface area (Å²) in [4.78, 5) is 19.4. The normalized spacial score (nSPS) is 14.8. The van der Waals surface area contributed by atoms with E-state index in [1.807, 2.05) is 31.5 Å². The molecule has 0 atom stereocenters. The van der Waals surface area contributed by atoms with Crippen LogP contribution >= 0.6 is 11.6 Å². The second-order valence-electron chi connectivity index (χ2n) is 9.24. The number of anilines is 3. The fourth-order valence-corrected chi connectivity index (χ4v) is 3.86. The molecule has 2 aromatic heterocycles. The molecule has 10 heteroatoms. The molecular formula is C26H30ClN7O2. The maximum absolute atomic E-state index is 10.1.